The van der Waals surface area contributed by atoms with Crippen molar-refractivity contribution >= 4 is 11.9 Å². The maximum Gasteiger partial charge on any atom is 0.410 e. The molecule has 0 aromatic carbocycles. The molecule has 1 heterocycles. The number of cyclic esters (lactones) is 1. The summed E-state index contributed by atoms with van der Waals surface area (Å²) >= 11 is 0. The van der Waals surface area contributed by atoms with Gasteiger partial charge in [0.05, 0.1) is 6.04 Å². The second-order valence-corrected chi connectivity index (χ2v) is 3.07. The number of ether oxygens (including phenoxy) is 1. The second kappa shape index (κ2) is 3.56. The number of hydrogen-bond donors (Lipinski definition) is 0. The SMILES string of the molecule is CC(=O)CCN1C(=O)OCC1C. The summed E-state index contributed by atoms with van der Waals surface area (Å²) in [5.74, 6) is 0.0990. The lowest BCUT2D eigenvalue weighted by Gasteiger charge is -2.16. The molecule has 0 aliphatic carbocycles. The van der Waals surface area contributed by atoms with E-state index < -0.39 is 0 Å². The molecule has 1 atom stereocenters. The fraction of sp³-hybridized carbons (Fsp3) is 0.750. The zero-order valence-corrected chi connectivity index (χ0v) is 7.37. The van der Waals surface area contributed by atoms with Crippen LogP contribution in [0.4, 0.5) is 4.79 Å². The summed E-state index contributed by atoms with van der Waals surface area (Å²) in [7, 11) is 0. The Morgan fingerprint density at radius 2 is 2.42 bits per heavy atom. The number of ketones is 1. The van der Waals surface area contributed by atoms with E-state index in [4.69, 9.17) is 4.74 Å². The molecule has 1 saturated heterocycles. The molecule has 1 unspecified atom stereocenters. The molecular formula is C8H13NO3. The van der Waals surface area contributed by atoms with E-state index >= 15 is 0 Å². The van der Waals surface area contributed by atoms with Crippen molar-refractivity contribution in [3.63, 3.8) is 0 Å². The van der Waals surface area contributed by atoms with E-state index in [0.29, 0.717) is 19.6 Å². The van der Waals surface area contributed by atoms with Crippen LogP contribution in [0, 0.1) is 0 Å². The molecule has 4 heteroatoms. The van der Waals surface area contributed by atoms with E-state index in [1.807, 2.05) is 6.92 Å². The minimum atomic E-state index is -0.302. The molecule has 1 aliphatic rings. The molecule has 1 rings (SSSR count). The summed E-state index contributed by atoms with van der Waals surface area (Å²) in [6.45, 7) is 4.35. The Labute approximate surface area is 71.5 Å². The standard InChI is InChI=1S/C8H13NO3/c1-6-5-12-8(11)9(6)4-3-7(2)10/h6H,3-5H2,1-2H3. The predicted molar refractivity (Wildman–Crippen MR) is 42.8 cm³/mol. The highest BCUT2D eigenvalue weighted by molar-refractivity contribution is 5.77. The first kappa shape index (κ1) is 9.03. The third-order valence-corrected chi connectivity index (χ3v) is 1.92. The molecule has 1 amide bonds. The fourth-order valence-corrected chi connectivity index (χ4v) is 1.13. The zero-order chi connectivity index (χ0) is 9.14. The molecule has 0 N–H and O–H groups in total. The molecule has 1 aliphatic heterocycles. The molecule has 0 aromatic heterocycles. The summed E-state index contributed by atoms with van der Waals surface area (Å²) in [5.41, 5.74) is 0. The van der Waals surface area contributed by atoms with Crippen molar-refractivity contribution in [2.45, 2.75) is 26.3 Å². The van der Waals surface area contributed by atoms with Gasteiger partial charge in [0.2, 0.25) is 0 Å². The Morgan fingerprint density at radius 1 is 1.75 bits per heavy atom. The molecule has 4 nitrogen and oxygen atoms in total. The largest absolute Gasteiger partial charge is 0.447 e. The van der Waals surface area contributed by atoms with E-state index in [9.17, 15) is 9.59 Å². The Bertz CT molecular complexity index is 202. The first-order chi connectivity index (χ1) is 5.61. The highest BCUT2D eigenvalue weighted by Gasteiger charge is 2.28. The van der Waals surface area contributed by atoms with Crippen LogP contribution in [0.3, 0.4) is 0 Å². The van der Waals surface area contributed by atoms with Crippen LogP contribution < -0.4 is 0 Å². The van der Waals surface area contributed by atoms with Crippen LogP contribution in [0.25, 0.3) is 0 Å². The lowest BCUT2D eigenvalue weighted by Crippen LogP contribution is -2.32. The second-order valence-electron chi connectivity index (χ2n) is 3.07. The van der Waals surface area contributed by atoms with Crippen LogP contribution in [-0.4, -0.2) is 36.0 Å². The van der Waals surface area contributed by atoms with Crippen molar-refractivity contribution in [1.82, 2.24) is 4.90 Å². The summed E-state index contributed by atoms with van der Waals surface area (Å²) < 4.78 is 4.79. The van der Waals surface area contributed by atoms with Crippen LogP contribution in [0.1, 0.15) is 20.3 Å². The number of carbonyl (C=O) groups excluding carboxylic acids is 2. The quantitative estimate of drug-likeness (QED) is 0.631. The Hall–Kier alpha value is -1.06. The Balaban J connectivity index is 2.39. The summed E-state index contributed by atoms with van der Waals surface area (Å²) in [6, 6.07) is 0.108. The molecule has 1 fully saturated rings. The van der Waals surface area contributed by atoms with E-state index in [-0.39, 0.29) is 17.9 Å². The zero-order valence-electron chi connectivity index (χ0n) is 7.37. The van der Waals surface area contributed by atoms with Gasteiger partial charge < -0.3 is 9.64 Å². The van der Waals surface area contributed by atoms with Gasteiger partial charge in [-0.1, -0.05) is 0 Å². The smallest absolute Gasteiger partial charge is 0.410 e. The van der Waals surface area contributed by atoms with Crippen molar-refractivity contribution in [3.8, 4) is 0 Å². The van der Waals surface area contributed by atoms with E-state index in [1.165, 1.54) is 6.92 Å². The lowest BCUT2D eigenvalue weighted by atomic mass is 10.2. The first-order valence-corrected chi connectivity index (χ1v) is 4.04. The minimum absolute atomic E-state index is 0.0990. The van der Waals surface area contributed by atoms with Crippen LogP contribution in [0.15, 0.2) is 0 Å². The van der Waals surface area contributed by atoms with Crippen molar-refractivity contribution in [2.75, 3.05) is 13.2 Å². The monoisotopic (exact) mass is 171 g/mol. The maximum absolute atomic E-state index is 11.0. The van der Waals surface area contributed by atoms with Gasteiger partial charge in [0, 0.05) is 13.0 Å². The predicted octanol–water partition coefficient (Wildman–Crippen LogP) is 0.806. The number of hydrogen-bond acceptors (Lipinski definition) is 3. The maximum atomic E-state index is 11.0. The third-order valence-electron chi connectivity index (χ3n) is 1.92. The van der Waals surface area contributed by atoms with Crippen molar-refractivity contribution in [2.24, 2.45) is 0 Å². The van der Waals surface area contributed by atoms with E-state index in [2.05, 4.69) is 0 Å². The molecule has 0 bridgehead atoms. The van der Waals surface area contributed by atoms with Crippen LogP contribution in [-0.2, 0) is 9.53 Å². The molecule has 0 radical (unpaired) electrons. The minimum Gasteiger partial charge on any atom is -0.447 e. The van der Waals surface area contributed by atoms with Gasteiger partial charge in [0.25, 0.3) is 0 Å². The highest BCUT2D eigenvalue weighted by atomic mass is 16.6. The van der Waals surface area contributed by atoms with Crippen LogP contribution >= 0.6 is 0 Å². The van der Waals surface area contributed by atoms with E-state index in [1.54, 1.807) is 4.90 Å². The fourth-order valence-electron chi connectivity index (χ4n) is 1.13. The number of nitrogens with zero attached hydrogens (tertiary/aromatic N) is 1. The van der Waals surface area contributed by atoms with Gasteiger partial charge >= 0.3 is 6.09 Å². The Morgan fingerprint density at radius 3 is 2.83 bits per heavy atom. The average molecular weight is 171 g/mol. The normalized spacial score (nSPS) is 22.7. The van der Waals surface area contributed by atoms with Crippen molar-refractivity contribution in [3.05, 3.63) is 0 Å². The molecule has 12 heavy (non-hydrogen) atoms. The van der Waals surface area contributed by atoms with Gasteiger partial charge in [-0.3, -0.25) is 4.79 Å². The summed E-state index contributed by atoms with van der Waals surface area (Å²) in [6.07, 6.45) is 0.114. The summed E-state index contributed by atoms with van der Waals surface area (Å²) in [5, 5.41) is 0. The first-order valence-electron chi connectivity index (χ1n) is 4.04. The van der Waals surface area contributed by atoms with Gasteiger partial charge in [0.15, 0.2) is 0 Å². The van der Waals surface area contributed by atoms with Gasteiger partial charge in [-0.05, 0) is 13.8 Å². The molecule has 0 saturated carbocycles. The van der Waals surface area contributed by atoms with Gasteiger partial charge in [-0.2, -0.15) is 0 Å². The molecule has 68 valence electrons. The van der Waals surface area contributed by atoms with Gasteiger partial charge in [-0.25, -0.2) is 4.79 Å². The summed E-state index contributed by atoms with van der Waals surface area (Å²) in [4.78, 5) is 23.2. The lowest BCUT2D eigenvalue weighted by molar-refractivity contribution is -0.117. The topological polar surface area (TPSA) is 46.6 Å². The number of rotatable bonds is 3. The van der Waals surface area contributed by atoms with Crippen LogP contribution in [0.2, 0.25) is 0 Å². The number of Topliss-reactive ketones (excluding diaryl/α,β-unsaturated/α-hetero) is 1. The van der Waals surface area contributed by atoms with Gasteiger partial charge in [0.1, 0.15) is 12.4 Å². The van der Waals surface area contributed by atoms with Crippen molar-refractivity contribution in [1.29, 1.82) is 0 Å². The van der Waals surface area contributed by atoms with Crippen LogP contribution in [0.5, 0.6) is 0 Å². The molecule has 0 aromatic rings. The number of carbonyl (C=O) groups is 2. The molecule has 0 spiro atoms. The number of amides is 1. The third kappa shape index (κ3) is 1.96. The molecular weight excluding hydrogens is 158 g/mol. The van der Waals surface area contributed by atoms with Gasteiger partial charge in [-0.15, -0.1) is 0 Å². The highest BCUT2D eigenvalue weighted by Crippen LogP contribution is 2.11. The average Bonchev–Trinajstić information content (AvgIpc) is 2.28. The Kier molecular flexibility index (Phi) is 2.68. The van der Waals surface area contributed by atoms with Crippen molar-refractivity contribution < 1.29 is 14.3 Å². The van der Waals surface area contributed by atoms with E-state index in [0.717, 1.165) is 0 Å².